The number of carbonyl (C=O) groups is 2. The summed E-state index contributed by atoms with van der Waals surface area (Å²) in [7, 11) is 0. The Bertz CT molecular complexity index is 319. The predicted molar refractivity (Wildman–Crippen MR) is 74.1 cm³/mol. The minimum Gasteiger partial charge on any atom is -0.480 e. The Labute approximate surface area is 115 Å². The molecule has 0 bridgehead atoms. The van der Waals surface area contributed by atoms with Gasteiger partial charge in [-0.3, -0.25) is 0 Å². The molecule has 2 amide bonds. The molecule has 0 atom stereocenters. The smallest absolute Gasteiger partial charge is 0.329 e. The van der Waals surface area contributed by atoms with Crippen molar-refractivity contribution in [3.8, 4) is 0 Å². The lowest BCUT2D eigenvalue weighted by Crippen LogP contribution is -2.58. The molecule has 0 radical (unpaired) electrons. The molecule has 0 aromatic carbocycles. The van der Waals surface area contributed by atoms with Crippen LogP contribution in [-0.4, -0.2) is 40.6 Å². The number of piperidine rings is 1. The fourth-order valence-electron chi connectivity index (χ4n) is 2.61. The maximum absolute atomic E-state index is 12.2. The van der Waals surface area contributed by atoms with Gasteiger partial charge in [-0.15, -0.1) is 0 Å². The van der Waals surface area contributed by atoms with Crippen molar-refractivity contribution in [2.75, 3.05) is 13.1 Å². The molecule has 5 heteroatoms. The zero-order valence-electron chi connectivity index (χ0n) is 12.2. The van der Waals surface area contributed by atoms with Gasteiger partial charge in [-0.1, -0.05) is 27.2 Å². The van der Waals surface area contributed by atoms with Gasteiger partial charge in [0.05, 0.1) is 0 Å². The van der Waals surface area contributed by atoms with Crippen LogP contribution in [0, 0.1) is 5.92 Å². The summed E-state index contributed by atoms with van der Waals surface area (Å²) in [5.41, 5.74) is -1.13. The fraction of sp³-hybridized carbons (Fsp3) is 0.857. The number of carboxylic acid groups (broad SMARTS) is 1. The number of carboxylic acids is 1. The van der Waals surface area contributed by atoms with Gasteiger partial charge >= 0.3 is 12.0 Å². The van der Waals surface area contributed by atoms with Crippen molar-refractivity contribution >= 4 is 12.0 Å². The zero-order valence-corrected chi connectivity index (χ0v) is 12.2. The normalized spacial score (nSPS) is 17.3. The molecule has 110 valence electrons. The van der Waals surface area contributed by atoms with E-state index in [1.165, 1.54) is 0 Å². The van der Waals surface area contributed by atoms with Crippen molar-refractivity contribution in [1.29, 1.82) is 0 Å². The molecule has 5 nitrogen and oxygen atoms in total. The number of nitrogens with one attached hydrogen (secondary N) is 1. The van der Waals surface area contributed by atoms with Crippen molar-refractivity contribution < 1.29 is 14.7 Å². The highest BCUT2D eigenvalue weighted by Gasteiger charge is 2.38. The van der Waals surface area contributed by atoms with Crippen molar-refractivity contribution in [2.24, 2.45) is 5.92 Å². The van der Waals surface area contributed by atoms with Gasteiger partial charge in [0, 0.05) is 13.1 Å². The first kappa shape index (κ1) is 15.8. The number of amides is 2. The van der Waals surface area contributed by atoms with Gasteiger partial charge in [-0.2, -0.15) is 0 Å². The lowest BCUT2D eigenvalue weighted by atomic mass is 9.92. The van der Waals surface area contributed by atoms with Crippen molar-refractivity contribution in [1.82, 2.24) is 10.2 Å². The molecular formula is C14H26N2O3. The highest BCUT2D eigenvalue weighted by atomic mass is 16.4. The van der Waals surface area contributed by atoms with Gasteiger partial charge in [0.25, 0.3) is 0 Å². The zero-order chi connectivity index (χ0) is 14.5. The van der Waals surface area contributed by atoms with Gasteiger partial charge in [-0.05, 0) is 31.6 Å². The second-order valence-electron chi connectivity index (χ2n) is 5.36. The standard InChI is InChI=1S/C14H26N2O3/c1-4-11-7-9-16(10-8-11)13(19)15-14(5-2,6-3)12(17)18/h11H,4-10H2,1-3H3,(H,15,19)(H,17,18). The molecule has 1 fully saturated rings. The van der Waals surface area contributed by atoms with E-state index < -0.39 is 11.5 Å². The van der Waals surface area contributed by atoms with Crippen molar-refractivity contribution in [2.45, 2.75) is 58.4 Å². The Morgan fingerprint density at radius 1 is 1.21 bits per heavy atom. The minimum atomic E-state index is -1.13. The van der Waals surface area contributed by atoms with E-state index in [9.17, 15) is 14.7 Å². The molecule has 0 aromatic rings. The van der Waals surface area contributed by atoms with Gasteiger partial charge in [0.2, 0.25) is 0 Å². The first-order chi connectivity index (χ1) is 8.99. The molecule has 1 aliphatic rings. The first-order valence-corrected chi connectivity index (χ1v) is 7.29. The van der Waals surface area contributed by atoms with Crippen LogP contribution in [0.4, 0.5) is 4.79 Å². The number of hydrogen-bond donors (Lipinski definition) is 2. The Kier molecular flexibility index (Phi) is 5.63. The summed E-state index contributed by atoms with van der Waals surface area (Å²) in [6, 6.07) is -0.236. The van der Waals surface area contributed by atoms with Crippen molar-refractivity contribution in [3.05, 3.63) is 0 Å². The third-order valence-corrected chi connectivity index (χ3v) is 4.44. The summed E-state index contributed by atoms with van der Waals surface area (Å²) in [4.78, 5) is 25.3. The van der Waals surface area contributed by atoms with Crippen LogP contribution in [0.15, 0.2) is 0 Å². The second-order valence-corrected chi connectivity index (χ2v) is 5.36. The summed E-state index contributed by atoms with van der Waals surface area (Å²) < 4.78 is 0. The number of urea groups is 1. The number of rotatable bonds is 5. The summed E-state index contributed by atoms with van der Waals surface area (Å²) in [6.45, 7) is 7.22. The predicted octanol–water partition coefficient (Wildman–Crippen LogP) is 2.46. The number of aliphatic carboxylic acids is 1. The van der Waals surface area contributed by atoms with E-state index in [1.807, 2.05) is 0 Å². The average Bonchev–Trinajstić information content (AvgIpc) is 2.44. The molecule has 0 saturated carbocycles. The van der Waals surface area contributed by atoms with Gasteiger partial charge in [-0.25, -0.2) is 9.59 Å². The minimum absolute atomic E-state index is 0.236. The molecule has 0 aromatic heterocycles. The molecule has 2 N–H and O–H groups in total. The Balaban J connectivity index is 2.61. The number of hydrogen-bond acceptors (Lipinski definition) is 2. The molecule has 1 heterocycles. The molecule has 0 aliphatic carbocycles. The molecular weight excluding hydrogens is 244 g/mol. The summed E-state index contributed by atoms with van der Waals surface area (Å²) >= 11 is 0. The third-order valence-electron chi connectivity index (χ3n) is 4.44. The van der Waals surface area contributed by atoms with Crippen LogP contribution in [0.3, 0.4) is 0 Å². The summed E-state index contributed by atoms with van der Waals surface area (Å²) in [5.74, 6) is -0.250. The SMILES string of the molecule is CCC1CCN(C(=O)NC(CC)(CC)C(=O)O)CC1. The highest BCUT2D eigenvalue weighted by molar-refractivity contribution is 5.86. The van der Waals surface area contributed by atoms with Crippen LogP contribution in [0.2, 0.25) is 0 Å². The summed E-state index contributed by atoms with van der Waals surface area (Å²) in [6.07, 6.45) is 3.98. The van der Waals surface area contributed by atoms with E-state index in [-0.39, 0.29) is 6.03 Å². The van der Waals surface area contributed by atoms with E-state index in [4.69, 9.17) is 0 Å². The fourth-order valence-corrected chi connectivity index (χ4v) is 2.61. The van der Waals surface area contributed by atoms with Gasteiger partial charge in [0.1, 0.15) is 5.54 Å². The topological polar surface area (TPSA) is 69.6 Å². The molecule has 1 rings (SSSR count). The van der Waals surface area contributed by atoms with Gasteiger partial charge < -0.3 is 15.3 Å². The lowest BCUT2D eigenvalue weighted by molar-refractivity contribution is -0.144. The molecule has 1 aliphatic heterocycles. The number of carbonyl (C=O) groups excluding carboxylic acids is 1. The lowest BCUT2D eigenvalue weighted by Gasteiger charge is -2.35. The van der Waals surface area contributed by atoms with E-state index in [0.29, 0.717) is 18.8 Å². The quantitative estimate of drug-likeness (QED) is 0.806. The monoisotopic (exact) mass is 270 g/mol. The highest BCUT2D eigenvalue weighted by Crippen LogP contribution is 2.21. The Morgan fingerprint density at radius 3 is 2.11 bits per heavy atom. The molecule has 19 heavy (non-hydrogen) atoms. The first-order valence-electron chi connectivity index (χ1n) is 7.29. The van der Waals surface area contributed by atoms with Crippen LogP contribution in [0.1, 0.15) is 52.9 Å². The van der Waals surface area contributed by atoms with Gasteiger partial charge in [0.15, 0.2) is 0 Å². The Morgan fingerprint density at radius 2 is 1.74 bits per heavy atom. The number of likely N-dealkylation sites (tertiary alicyclic amines) is 1. The average molecular weight is 270 g/mol. The van der Waals surface area contributed by atoms with Crippen molar-refractivity contribution in [3.63, 3.8) is 0 Å². The molecule has 0 unspecified atom stereocenters. The maximum atomic E-state index is 12.2. The van der Waals surface area contributed by atoms with E-state index in [2.05, 4.69) is 12.2 Å². The van der Waals surface area contributed by atoms with Crippen LogP contribution < -0.4 is 5.32 Å². The summed E-state index contributed by atoms with van der Waals surface area (Å²) in [5, 5.41) is 12.0. The van der Waals surface area contributed by atoms with Crippen LogP contribution in [0.5, 0.6) is 0 Å². The Hall–Kier alpha value is -1.26. The van der Waals surface area contributed by atoms with Crippen LogP contribution in [-0.2, 0) is 4.79 Å². The van der Waals surface area contributed by atoms with E-state index >= 15 is 0 Å². The number of nitrogens with zero attached hydrogens (tertiary/aromatic N) is 1. The van der Waals surface area contributed by atoms with E-state index in [0.717, 1.165) is 32.4 Å². The second kappa shape index (κ2) is 6.78. The maximum Gasteiger partial charge on any atom is 0.329 e. The van der Waals surface area contributed by atoms with E-state index in [1.54, 1.807) is 18.7 Å². The third kappa shape index (κ3) is 3.61. The van der Waals surface area contributed by atoms with Crippen LogP contribution >= 0.6 is 0 Å². The largest absolute Gasteiger partial charge is 0.480 e. The molecule has 0 spiro atoms. The molecule has 1 saturated heterocycles. The van der Waals surface area contributed by atoms with Crippen LogP contribution in [0.25, 0.3) is 0 Å².